The Morgan fingerprint density at radius 3 is 2.78 bits per heavy atom. The number of hydrogen-bond acceptors (Lipinski definition) is 3. The summed E-state index contributed by atoms with van der Waals surface area (Å²) in [7, 11) is 0. The van der Waals surface area contributed by atoms with E-state index in [0.29, 0.717) is 12.6 Å². The number of carbonyl (C=O) groups excluding carboxylic acids is 1. The van der Waals surface area contributed by atoms with Crippen LogP contribution in [0.1, 0.15) is 50.5 Å². The number of piperidine rings is 1. The van der Waals surface area contributed by atoms with Crippen molar-refractivity contribution in [3.63, 3.8) is 0 Å². The van der Waals surface area contributed by atoms with Gasteiger partial charge in [-0.2, -0.15) is 0 Å². The van der Waals surface area contributed by atoms with Crippen LogP contribution in [0, 0.1) is 0 Å². The molecule has 1 aromatic rings. The maximum Gasteiger partial charge on any atom is 0.410 e. The molecule has 4 nitrogen and oxygen atoms in total. The second-order valence-electron chi connectivity index (χ2n) is 6.75. The van der Waals surface area contributed by atoms with E-state index in [1.807, 2.05) is 35.2 Å². The van der Waals surface area contributed by atoms with Gasteiger partial charge in [0.2, 0.25) is 0 Å². The van der Waals surface area contributed by atoms with Gasteiger partial charge in [0.05, 0.1) is 0 Å². The Hall–Kier alpha value is -1.55. The van der Waals surface area contributed by atoms with Crippen LogP contribution in [0.15, 0.2) is 30.3 Å². The highest BCUT2D eigenvalue weighted by Crippen LogP contribution is 2.23. The van der Waals surface area contributed by atoms with E-state index in [0.717, 1.165) is 50.4 Å². The topological polar surface area (TPSA) is 41.6 Å². The summed E-state index contributed by atoms with van der Waals surface area (Å²) in [5.74, 6) is 0. The van der Waals surface area contributed by atoms with Crippen molar-refractivity contribution >= 4 is 6.09 Å². The summed E-state index contributed by atoms with van der Waals surface area (Å²) in [5, 5.41) is 3.55. The molecule has 1 N–H and O–H groups in total. The van der Waals surface area contributed by atoms with Crippen molar-refractivity contribution in [3.8, 4) is 0 Å². The van der Waals surface area contributed by atoms with E-state index < -0.39 is 0 Å². The highest BCUT2D eigenvalue weighted by molar-refractivity contribution is 5.68. The predicted molar refractivity (Wildman–Crippen MR) is 91.2 cm³/mol. The number of likely N-dealkylation sites (tertiary alicyclic amines) is 1. The Kier molecular flexibility index (Phi) is 5.92. The molecule has 1 saturated carbocycles. The predicted octanol–water partition coefficient (Wildman–Crippen LogP) is 3.71. The SMILES string of the molecule is O=C(OCc1ccccc1)N1CCCCC1CCCNC1CC1. The lowest BCUT2D eigenvalue weighted by molar-refractivity contribution is 0.0655. The van der Waals surface area contributed by atoms with Crippen molar-refractivity contribution in [2.24, 2.45) is 0 Å². The normalized spacial score (nSPS) is 21.2. The highest BCUT2D eigenvalue weighted by Gasteiger charge is 2.27. The molecule has 0 radical (unpaired) electrons. The van der Waals surface area contributed by atoms with Gasteiger partial charge in [-0.25, -0.2) is 4.79 Å². The summed E-state index contributed by atoms with van der Waals surface area (Å²) >= 11 is 0. The molecule has 1 saturated heterocycles. The van der Waals surface area contributed by atoms with Crippen LogP contribution < -0.4 is 5.32 Å². The average molecular weight is 316 g/mol. The molecule has 1 atom stereocenters. The third kappa shape index (κ3) is 5.24. The zero-order valence-electron chi connectivity index (χ0n) is 13.9. The van der Waals surface area contributed by atoms with Gasteiger partial charge >= 0.3 is 6.09 Å². The largest absolute Gasteiger partial charge is 0.445 e. The van der Waals surface area contributed by atoms with Crippen LogP contribution in [-0.4, -0.2) is 36.2 Å². The summed E-state index contributed by atoms with van der Waals surface area (Å²) in [6.45, 7) is 2.29. The summed E-state index contributed by atoms with van der Waals surface area (Å²) < 4.78 is 5.52. The molecule has 0 aromatic heterocycles. The molecule has 1 heterocycles. The Morgan fingerprint density at radius 1 is 1.17 bits per heavy atom. The van der Waals surface area contributed by atoms with E-state index in [1.54, 1.807) is 0 Å². The van der Waals surface area contributed by atoms with E-state index in [-0.39, 0.29) is 6.09 Å². The minimum Gasteiger partial charge on any atom is -0.445 e. The zero-order chi connectivity index (χ0) is 15.9. The van der Waals surface area contributed by atoms with Crippen LogP contribution in [-0.2, 0) is 11.3 Å². The number of rotatable bonds is 7. The van der Waals surface area contributed by atoms with Crippen molar-refractivity contribution in [1.82, 2.24) is 10.2 Å². The molecule has 1 unspecified atom stereocenters. The Bertz CT molecular complexity index is 487. The lowest BCUT2D eigenvalue weighted by atomic mass is 9.98. The minimum absolute atomic E-state index is 0.145. The number of nitrogens with one attached hydrogen (secondary N) is 1. The lowest BCUT2D eigenvalue weighted by Gasteiger charge is -2.35. The van der Waals surface area contributed by atoms with Gasteiger partial charge in [-0.1, -0.05) is 30.3 Å². The number of hydrogen-bond donors (Lipinski definition) is 1. The van der Waals surface area contributed by atoms with E-state index in [9.17, 15) is 4.79 Å². The first-order valence-electron chi connectivity index (χ1n) is 9.03. The van der Waals surface area contributed by atoms with Crippen LogP contribution in [0.3, 0.4) is 0 Å². The van der Waals surface area contributed by atoms with Crippen molar-refractivity contribution in [2.75, 3.05) is 13.1 Å². The van der Waals surface area contributed by atoms with Gasteiger partial charge in [0, 0.05) is 18.6 Å². The van der Waals surface area contributed by atoms with Gasteiger partial charge in [-0.3, -0.25) is 0 Å². The van der Waals surface area contributed by atoms with Gasteiger partial charge in [-0.05, 0) is 57.1 Å². The van der Waals surface area contributed by atoms with Gasteiger partial charge in [0.15, 0.2) is 0 Å². The first kappa shape index (κ1) is 16.3. The molecular formula is C19H28N2O2. The third-order valence-electron chi connectivity index (χ3n) is 4.79. The number of ether oxygens (including phenoxy) is 1. The fourth-order valence-electron chi connectivity index (χ4n) is 3.27. The summed E-state index contributed by atoms with van der Waals surface area (Å²) in [5.41, 5.74) is 1.04. The molecule has 4 heteroatoms. The van der Waals surface area contributed by atoms with Crippen molar-refractivity contribution < 1.29 is 9.53 Å². The molecule has 126 valence electrons. The molecule has 3 rings (SSSR count). The number of carbonyl (C=O) groups is 1. The minimum atomic E-state index is -0.145. The summed E-state index contributed by atoms with van der Waals surface area (Å²) in [4.78, 5) is 14.4. The van der Waals surface area contributed by atoms with E-state index in [2.05, 4.69) is 5.32 Å². The molecule has 1 amide bonds. The van der Waals surface area contributed by atoms with Gasteiger partial charge in [-0.15, -0.1) is 0 Å². The van der Waals surface area contributed by atoms with E-state index in [1.165, 1.54) is 19.3 Å². The number of benzene rings is 1. The highest BCUT2D eigenvalue weighted by atomic mass is 16.6. The quantitative estimate of drug-likeness (QED) is 0.780. The number of amides is 1. The maximum atomic E-state index is 12.4. The maximum absolute atomic E-state index is 12.4. The smallest absolute Gasteiger partial charge is 0.410 e. The first-order chi connectivity index (χ1) is 11.3. The van der Waals surface area contributed by atoms with Gasteiger partial charge in [0.25, 0.3) is 0 Å². The molecule has 0 bridgehead atoms. The molecule has 1 aliphatic heterocycles. The molecule has 2 fully saturated rings. The Balaban J connectivity index is 1.43. The standard InChI is InChI=1S/C19H28N2O2/c22-19(23-15-16-7-2-1-3-8-16)21-14-5-4-9-18(21)10-6-13-20-17-11-12-17/h1-3,7-8,17-18,20H,4-6,9-15H2. The van der Waals surface area contributed by atoms with Crippen molar-refractivity contribution in [3.05, 3.63) is 35.9 Å². The van der Waals surface area contributed by atoms with Crippen LogP contribution in [0.25, 0.3) is 0 Å². The van der Waals surface area contributed by atoms with Crippen LogP contribution in [0.5, 0.6) is 0 Å². The summed E-state index contributed by atoms with van der Waals surface area (Å²) in [6, 6.07) is 11.0. The monoisotopic (exact) mass is 316 g/mol. The fraction of sp³-hybridized carbons (Fsp3) is 0.632. The molecular weight excluding hydrogens is 288 g/mol. The van der Waals surface area contributed by atoms with Crippen LogP contribution in [0.2, 0.25) is 0 Å². The third-order valence-corrected chi connectivity index (χ3v) is 4.79. The second kappa shape index (κ2) is 8.34. The molecule has 23 heavy (non-hydrogen) atoms. The Morgan fingerprint density at radius 2 is 2.00 bits per heavy atom. The molecule has 1 aliphatic carbocycles. The van der Waals surface area contributed by atoms with Crippen LogP contribution >= 0.6 is 0 Å². The van der Waals surface area contributed by atoms with E-state index in [4.69, 9.17) is 4.74 Å². The van der Waals surface area contributed by atoms with E-state index >= 15 is 0 Å². The zero-order valence-corrected chi connectivity index (χ0v) is 13.9. The average Bonchev–Trinajstić information content (AvgIpc) is 3.42. The van der Waals surface area contributed by atoms with Crippen LogP contribution in [0.4, 0.5) is 4.79 Å². The molecule has 0 spiro atoms. The van der Waals surface area contributed by atoms with Crippen molar-refractivity contribution in [1.29, 1.82) is 0 Å². The lowest BCUT2D eigenvalue weighted by Crippen LogP contribution is -2.44. The van der Waals surface area contributed by atoms with Gasteiger partial charge in [0.1, 0.15) is 6.61 Å². The number of nitrogens with zero attached hydrogens (tertiary/aromatic N) is 1. The molecule has 1 aromatic carbocycles. The summed E-state index contributed by atoms with van der Waals surface area (Å²) in [6.07, 6.45) is 8.19. The fourth-order valence-corrected chi connectivity index (χ4v) is 3.27. The Labute approximate surface area is 139 Å². The second-order valence-corrected chi connectivity index (χ2v) is 6.75. The first-order valence-corrected chi connectivity index (χ1v) is 9.03. The molecule has 2 aliphatic rings. The van der Waals surface area contributed by atoms with Crippen molar-refractivity contribution in [2.45, 2.75) is 63.6 Å². The van der Waals surface area contributed by atoms with Gasteiger partial charge < -0.3 is 15.0 Å².